The highest BCUT2D eigenvalue weighted by molar-refractivity contribution is 5.81. The lowest BCUT2D eigenvalue weighted by atomic mass is 10.2. The number of aromatic nitrogens is 3. The number of rotatable bonds is 6. The lowest BCUT2D eigenvalue weighted by Crippen LogP contribution is -2.44. The molecule has 0 spiro atoms. The van der Waals surface area contributed by atoms with E-state index in [4.69, 9.17) is 0 Å². The number of hydrogen-bond acceptors (Lipinski definition) is 6. The van der Waals surface area contributed by atoms with Crippen molar-refractivity contribution in [1.82, 2.24) is 19.9 Å². The number of nitrogens with one attached hydrogen (secondary N) is 1. The van der Waals surface area contributed by atoms with Gasteiger partial charge in [0.25, 0.3) is 0 Å². The molecule has 1 saturated heterocycles. The Morgan fingerprint density at radius 1 is 1.25 bits per heavy atom. The zero-order valence-corrected chi connectivity index (χ0v) is 12.7. The first-order chi connectivity index (χ1) is 11.6. The van der Waals surface area contributed by atoms with Crippen molar-refractivity contribution in [2.24, 2.45) is 0 Å². The maximum absolute atomic E-state index is 12.1. The van der Waals surface area contributed by atoms with Crippen LogP contribution >= 0.6 is 0 Å². The monoisotopic (exact) mass is 335 g/mol. The molecule has 126 valence electrons. The number of carbonyl (C=O) groups is 1. The summed E-state index contributed by atoms with van der Waals surface area (Å²) in [4.78, 5) is 25.8. The quantitative estimate of drug-likeness (QED) is 0.867. The third-order valence-electron chi connectivity index (χ3n) is 3.52. The van der Waals surface area contributed by atoms with Crippen LogP contribution in [0.4, 0.5) is 14.6 Å². The van der Waals surface area contributed by atoms with Gasteiger partial charge in [0.1, 0.15) is 17.9 Å². The molecule has 2 aromatic heterocycles. The number of amides is 1. The molecule has 0 aromatic carbocycles. The summed E-state index contributed by atoms with van der Waals surface area (Å²) in [5, 5.41) is 2.95. The predicted molar refractivity (Wildman–Crippen MR) is 81.6 cm³/mol. The van der Waals surface area contributed by atoms with Gasteiger partial charge in [0.05, 0.1) is 24.1 Å². The highest BCUT2D eigenvalue weighted by Gasteiger charge is 2.19. The van der Waals surface area contributed by atoms with E-state index in [0.717, 1.165) is 19.5 Å². The van der Waals surface area contributed by atoms with Crippen molar-refractivity contribution in [2.75, 3.05) is 25.0 Å². The minimum atomic E-state index is -2.89. The minimum Gasteiger partial charge on any atom is -0.433 e. The number of hydrogen-bond donors (Lipinski definition) is 1. The fourth-order valence-corrected chi connectivity index (χ4v) is 2.14. The normalized spacial score (nSPS) is 13.5. The first kappa shape index (κ1) is 16.0. The molecule has 1 aliphatic rings. The highest BCUT2D eigenvalue weighted by Crippen LogP contribution is 2.20. The number of nitrogens with zero attached hydrogens (tertiary/aromatic N) is 4. The van der Waals surface area contributed by atoms with Gasteiger partial charge in [-0.25, -0.2) is 9.97 Å². The van der Waals surface area contributed by atoms with Crippen LogP contribution in [-0.4, -0.2) is 52.0 Å². The number of anilines is 1. The van der Waals surface area contributed by atoms with Crippen LogP contribution in [0, 0.1) is 0 Å². The SMILES string of the molecule is O=C(CNc1cc(-c2ccc(OC(F)F)cn2)ncn1)N1CCC1. The predicted octanol–water partition coefficient (Wildman–Crippen LogP) is 1.78. The molecule has 0 radical (unpaired) electrons. The molecule has 1 fully saturated rings. The van der Waals surface area contributed by atoms with E-state index in [-0.39, 0.29) is 18.2 Å². The molecule has 9 heteroatoms. The fraction of sp³-hybridized carbons (Fsp3) is 0.333. The van der Waals surface area contributed by atoms with E-state index in [9.17, 15) is 13.6 Å². The molecule has 1 N–H and O–H groups in total. The highest BCUT2D eigenvalue weighted by atomic mass is 19.3. The molecule has 1 amide bonds. The Bertz CT molecular complexity index is 707. The molecule has 24 heavy (non-hydrogen) atoms. The van der Waals surface area contributed by atoms with Crippen molar-refractivity contribution in [3.05, 3.63) is 30.7 Å². The number of carbonyl (C=O) groups excluding carboxylic acids is 1. The van der Waals surface area contributed by atoms with E-state index in [1.807, 2.05) is 0 Å². The van der Waals surface area contributed by atoms with Gasteiger partial charge in [0.15, 0.2) is 0 Å². The Morgan fingerprint density at radius 2 is 2.08 bits per heavy atom. The van der Waals surface area contributed by atoms with Crippen LogP contribution in [0.3, 0.4) is 0 Å². The third kappa shape index (κ3) is 3.92. The summed E-state index contributed by atoms with van der Waals surface area (Å²) >= 11 is 0. The summed E-state index contributed by atoms with van der Waals surface area (Å²) in [7, 11) is 0. The van der Waals surface area contributed by atoms with E-state index < -0.39 is 6.61 Å². The summed E-state index contributed by atoms with van der Waals surface area (Å²) in [6.07, 6.45) is 3.58. The van der Waals surface area contributed by atoms with E-state index in [1.165, 1.54) is 24.7 Å². The van der Waals surface area contributed by atoms with Gasteiger partial charge in [-0.05, 0) is 18.6 Å². The van der Waals surface area contributed by atoms with Gasteiger partial charge in [-0.1, -0.05) is 0 Å². The number of pyridine rings is 1. The average Bonchev–Trinajstić information content (AvgIpc) is 2.52. The largest absolute Gasteiger partial charge is 0.433 e. The molecule has 0 unspecified atom stereocenters. The molecule has 3 heterocycles. The van der Waals surface area contributed by atoms with Crippen molar-refractivity contribution < 1.29 is 18.3 Å². The lowest BCUT2D eigenvalue weighted by molar-refractivity contribution is -0.132. The second kappa shape index (κ2) is 7.16. The van der Waals surface area contributed by atoms with Crippen molar-refractivity contribution >= 4 is 11.7 Å². The second-order valence-corrected chi connectivity index (χ2v) is 5.13. The van der Waals surface area contributed by atoms with Gasteiger partial charge in [0.2, 0.25) is 5.91 Å². The van der Waals surface area contributed by atoms with Crippen LogP contribution in [0.2, 0.25) is 0 Å². The number of alkyl halides is 2. The first-order valence-electron chi connectivity index (χ1n) is 7.37. The molecule has 2 aromatic rings. The summed E-state index contributed by atoms with van der Waals surface area (Å²) in [5.41, 5.74) is 0.989. The average molecular weight is 335 g/mol. The molecular formula is C15H15F2N5O2. The topological polar surface area (TPSA) is 80.2 Å². The Kier molecular flexibility index (Phi) is 4.78. The zero-order valence-electron chi connectivity index (χ0n) is 12.7. The van der Waals surface area contributed by atoms with Gasteiger partial charge in [-0.3, -0.25) is 9.78 Å². The molecule has 0 atom stereocenters. The number of likely N-dealkylation sites (tertiary alicyclic amines) is 1. The summed E-state index contributed by atoms with van der Waals surface area (Å²) in [6, 6.07) is 4.55. The first-order valence-corrected chi connectivity index (χ1v) is 7.37. The Balaban J connectivity index is 1.64. The van der Waals surface area contributed by atoms with Crippen molar-refractivity contribution in [3.63, 3.8) is 0 Å². The molecule has 0 bridgehead atoms. The maximum atomic E-state index is 12.1. The minimum absolute atomic E-state index is 0.0213. The zero-order chi connectivity index (χ0) is 16.9. The summed E-state index contributed by atoms with van der Waals surface area (Å²) in [5.74, 6) is 0.484. The van der Waals surface area contributed by atoms with Gasteiger partial charge in [0, 0.05) is 19.2 Å². The Labute approximate surface area is 136 Å². The molecule has 0 aliphatic carbocycles. The van der Waals surface area contributed by atoms with Gasteiger partial charge in [-0.2, -0.15) is 8.78 Å². The van der Waals surface area contributed by atoms with Crippen molar-refractivity contribution in [1.29, 1.82) is 0 Å². The Morgan fingerprint density at radius 3 is 2.71 bits per heavy atom. The van der Waals surface area contributed by atoms with Gasteiger partial charge in [-0.15, -0.1) is 0 Å². The summed E-state index contributed by atoms with van der Waals surface area (Å²) < 4.78 is 28.5. The number of halogens is 2. The van der Waals surface area contributed by atoms with Gasteiger partial charge >= 0.3 is 6.61 Å². The van der Waals surface area contributed by atoms with Crippen LogP contribution in [0.1, 0.15) is 6.42 Å². The van der Waals surface area contributed by atoms with Crippen LogP contribution in [0.15, 0.2) is 30.7 Å². The third-order valence-corrected chi connectivity index (χ3v) is 3.52. The molecule has 0 saturated carbocycles. The van der Waals surface area contributed by atoms with Crippen LogP contribution in [0.5, 0.6) is 5.75 Å². The molecule has 3 rings (SSSR count). The summed E-state index contributed by atoms with van der Waals surface area (Å²) in [6.45, 7) is -1.14. The van der Waals surface area contributed by atoms with Crippen LogP contribution in [-0.2, 0) is 4.79 Å². The van der Waals surface area contributed by atoms with Gasteiger partial charge < -0.3 is 15.0 Å². The Hall–Kier alpha value is -2.84. The number of ether oxygens (including phenoxy) is 1. The van der Waals surface area contributed by atoms with E-state index in [1.54, 1.807) is 11.0 Å². The standard InChI is InChI=1S/C15H15F2N5O2/c16-15(17)24-10-2-3-11(18-7-10)12-6-13(21-9-20-12)19-8-14(23)22-4-1-5-22/h2-3,6-7,9,15H,1,4-5,8H2,(H,19,20,21). The second-order valence-electron chi connectivity index (χ2n) is 5.13. The van der Waals surface area contributed by atoms with E-state index >= 15 is 0 Å². The van der Waals surface area contributed by atoms with Crippen molar-refractivity contribution in [3.8, 4) is 17.1 Å². The molecule has 1 aliphatic heterocycles. The maximum Gasteiger partial charge on any atom is 0.387 e. The lowest BCUT2D eigenvalue weighted by Gasteiger charge is -2.30. The van der Waals surface area contributed by atoms with Crippen LogP contribution in [0.25, 0.3) is 11.4 Å². The van der Waals surface area contributed by atoms with E-state index in [2.05, 4.69) is 25.0 Å². The smallest absolute Gasteiger partial charge is 0.387 e. The van der Waals surface area contributed by atoms with Crippen molar-refractivity contribution in [2.45, 2.75) is 13.0 Å². The van der Waals surface area contributed by atoms with Crippen LogP contribution < -0.4 is 10.1 Å². The molecular weight excluding hydrogens is 320 g/mol. The molecule has 7 nitrogen and oxygen atoms in total. The fourth-order valence-electron chi connectivity index (χ4n) is 2.14. The van der Waals surface area contributed by atoms with E-state index in [0.29, 0.717) is 17.2 Å².